The highest BCUT2D eigenvalue weighted by Crippen LogP contribution is 2.51. The average Bonchev–Trinajstić information content (AvgIpc) is 2.53. The maximum atomic E-state index is 13.2. The molecule has 28 heavy (non-hydrogen) atoms. The largest absolute Gasteiger partial charge is 0.506 e. The summed E-state index contributed by atoms with van der Waals surface area (Å²) in [6.45, 7) is 8.40. The summed E-state index contributed by atoms with van der Waals surface area (Å²) in [7, 11) is 0. The number of carbonyl (C=O) groups excluding carboxylic acids is 2. The molecule has 0 bridgehead atoms. The molecular weight excluding hydrogens is 374 g/mol. The molecule has 0 amide bonds. The highest BCUT2D eigenvalue weighted by molar-refractivity contribution is 6.32. The van der Waals surface area contributed by atoms with Gasteiger partial charge in [0.1, 0.15) is 5.75 Å². The molecule has 2 aliphatic carbocycles. The van der Waals surface area contributed by atoms with Crippen LogP contribution in [-0.4, -0.2) is 16.7 Å². The number of nitrogens with one attached hydrogen (secondary N) is 1. The Kier molecular flexibility index (Phi) is 4.27. The topological polar surface area (TPSA) is 66.4 Å². The summed E-state index contributed by atoms with van der Waals surface area (Å²) in [5.41, 5.74) is 3.78. The minimum Gasteiger partial charge on any atom is -0.506 e. The number of hydrogen-bond donors (Lipinski definition) is 2. The summed E-state index contributed by atoms with van der Waals surface area (Å²) >= 11 is 6.18. The molecule has 3 aliphatic rings. The van der Waals surface area contributed by atoms with Crippen molar-refractivity contribution in [2.24, 2.45) is 10.8 Å². The van der Waals surface area contributed by atoms with Crippen LogP contribution < -0.4 is 5.32 Å². The first-order chi connectivity index (χ1) is 13.0. The zero-order chi connectivity index (χ0) is 20.4. The highest BCUT2D eigenvalue weighted by Gasteiger charge is 2.46. The van der Waals surface area contributed by atoms with E-state index in [2.05, 4.69) is 33.0 Å². The van der Waals surface area contributed by atoms with E-state index in [9.17, 15) is 14.7 Å². The molecular formula is C23H26ClNO3. The van der Waals surface area contributed by atoms with Gasteiger partial charge >= 0.3 is 0 Å². The van der Waals surface area contributed by atoms with Crippen LogP contribution in [0.4, 0.5) is 0 Å². The Hall–Kier alpha value is -2.07. The van der Waals surface area contributed by atoms with E-state index < -0.39 is 5.92 Å². The molecule has 0 saturated carbocycles. The van der Waals surface area contributed by atoms with Gasteiger partial charge in [-0.2, -0.15) is 0 Å². The number of carbonyl (C=O) groups is 2. The van der Waals surface area contributed by atoms with Crippen molar-refractivity contribution in [3.8, 4) is 5.75 Å². The predicted octanol–water partition coefficient (Wildman–Crippen LogP) is 5.02. The number of allylic oxidation sites excluding steroid dienone is 4. The summed E-state index contributed by atoms with van der Waals surface area (Å²) in [4.78, 5) is 26.3. The predicted molar refractivity (Wildman–Crippen MR) is 109 cm³/mol. The van der Waals surface area contributed by atoms with E-state index in [4.69, 9.17) is 11.6 Å². The monoisotopic (exact) mass is 399 g/mol. The van der Waals surface area contributed by atoms with E-state index in [1.807, 2.05) is 0 Å². The van der Waals surface area contributed by atoms with E-state index in [1.54, 1.807) is 12.1 Å². The lowest BCUT2D eigenvalue weighted by Crippen LogP contribution is -2.42. The Morgan fingerprint density at radius 3 is 1.89 bits per heavy atom. The SMILES string of the molecule is CC1(C)CC(=O)C2=C(C1)NC1=C(C(=O)CC(C)(C)C1)C2c1ccc(O)c(Cl)c1. The Labute approximate surface area is 170 Å². The van der Waals surface area contributed by atoms with E-state index in [-0.39, 0.29) is 33.2 Å². The maximum absolute atomic E-state index is 13.2. The lowest BCUT2D eigenvalue weighted by molar-refractivity contribution is -0.119. The number of hydrogen-bond acceptors (Lipinski definition) is 4. The van der Waals surface area contributed by atoms with Crippen molar-refractivity contribution in [1.29, 1.82) is 0 Å². The first kappa shape index (κ1) is 19.3. The van der Waals surface area contributed by atoms with Gasteiger partial charge in [0.2, 0.25) is 0 Å². The third-order valence-electron chi connectivity index (χ3n) is 6.02. The molecule has 0 atom stereocenters. The third kappa shape index (κ3) is 3.18. The number of aromatic hydroxyl groups is 1. The van der Waals surface area contributed by atoms with Crippen molar-refractivity contribution in [2.45, 2.75) is 59.3 Å². The van der Waals surface area contributed by atoms with Crippen LogP contribution >= 0.6 is 11.6 Å². The van der Waals surface area contributed by atoms with Gasteiger partial charge in [0.05, 0.1) is 5.02 Å². The molecule has 4 nitrogen and oxygen atoms in total. The van der Waals surface area contributed by atoms with Crippen LogP contribution in [0, 0.1) is 10.8 Å². The normalized spacial score (nSPS) is 24.0. The number of rotatable bonds is 1. The molecule has 1 aromatic carbocycles. The smallest absolute Gasteiger partial charge is 0.162 e. The maximum Gasteiger partial charge on any atom is 0.162 e. The first-order valence-electron chi connectivity index (χ1n) is 9.75. The van der Waals surface area contributed by atoms with Crippen LogP contribution in [0.3, 0.4) is 0 Å². The fraction of sp³-hybridized carbons (Fsp3) is 0.478. The van der Waals surface area contributed by atoms with Gasteiger partial charge in [0.25, 0.3) is 0 Å². The fourth-order valence-electron chi connectivity index (χ4n) is 4.92. The van der Waals surface area contributed by atoms with Crippen molar-refractivity contribution in [2.75, 3.05) is 0 Å². The second-order valence-electron chi connectivity index (χ2n) is 9.94. The van der Waals surface area contributed by atoms with Gasteiger partial charge in [0, 0.05) is 41.3 Å². The molecule has 0 radical (unpaired) electrons. The Bertz CT molecular complexity index is 916. The zero-order valence-electron chi connectivity index (χ0n) is 16.8. The van der Waals surface area contributed by atoms with Crippen molar-refractivity contribution < 1.29 is 14.7 Å². The van der Waals surface area contributed by atoms with Crippen molar-refractivity contribution in [3.05, 3.63) is 51.3 Å². The summed E-state index contributed by atoms with van der Waals surface area (Å²) in [6.07, 6.45) is 2.44. The number of phenols is 1. The minimum atomic E-state index is -0.420. The molecule has 1 aliphatic heterocycles. The number of benzene rings is 1. The van der Waals surface area contributed by atoms with Crippen LogP contribution in [0.1, 0.15) is 64.9 Å². The molecule has 4 rings (SSSR count). The van der Waals surface area contributed by atoms with Gasteiger partial charge in [-0.3, -0.25) is 9.59 Å². The lowest BCUT2D eigenvalue weighted by Gasteiger charge is -2.44. The summed E-state index contributed by atoms with van der Waals surface area (Å²) in [5.74, 6) is -0.263. The van der Waals surface area contributed by atoms with Gasteiger partial charge in [-0.1, -0.05) is 45.4 Å². The van der Waals surface area contributed by atoms with Crippen LogP contribution in [0.2, 0.25) is 5.02 Å². The molecule has 148 valence electrons. The Morgan fingerprint density at radius 1 is 0.929 bits per heavy atom. The molecule has 0 spiro atoms. The summed E-state index contributed by atoms with van der Waals surface area (Å²) in [6, 6.07) is 4.99. The molecule has 0 unspecified atom stereocenters. The number of phenolic OH excluding ortho intramolecular Hbond substituents is 1. The van der Waals surface area contributed by atoms with E-state index in [1.165, 1.54) is 6.07 Å². The minimum absolute atomic E-state index is 0.00466. The van der Waals surface area contributed by atoms with Gasteiger partial charge in [-0.05, 0) is 41.4 Å². The van der Waals surface area contributed by atoms with Crippen LogP contribution in [-0.2, 0) is 9.59 Å². The molecule has 0 aromatic heterocycles. The average molecular weight is 400 g/mol. The standard InChI is InChI=1S/C23H26ClNO3/c1-22(2)8-14-20(17(27)10-22)19(12-5-6-16(26)13(24)7-12)21-15(25-14)9-23(3,4)11-18(21)28/h5-7,19,25-26H,8-11H2,1-4H3. The molecule has 1 heterocycles. The number of halogens is 1. The van der Waals surface area contributed by atoms with Crippen molar-refractivity contribution >= 4 is 23.2 Å². The number of dihydropyridines is 1. The number of Topliss-reactive ketones (excluding diaryl/α,β-unsaturated/α-hetero) is 2. The van der Waals surface area contributed by atoms with Crippen molar-refractivity contribution in [1.82, 2.24) is 5.32 Å². The van der Waals surface area contributed by atoms with Gasteiger partial charge in [-0.15, -0.1) is 0 Å². The Morgan fingerprint density at radius 2 is 1.43 bits per heavy atom. The fourth-order valence-corrected chi connectivity index (χ4v) is 5.11. The summed E-state index contributed by atoms with van der Waals surface area (Å²) < 4.78 is 0. The molecule has 0 fully saturated rings. The zero-order valence-corrected chi connectivity index (χ0v) is 17.5. The van der Waals surface area contributed by atoms with Gasteiger partial charge in [0.15, 0.2) is 11.6 Å². The molecule has 1 aromatic rings. The second kappa shape index (κ2) is 6.21. The molecule has 0 saturated heterocycles. The van der Waals surface area contributed by atoms with Gasteiger partial charge in [-0.25, -0.2) is 0 Å². The van der Waals surface area contributed by atoms with E-state index >= 15 is 0 Å². The highest BCUT2D eigenvalue weighted by atomic mass is 35.5. The molecule has 5 heteroatoms. The quantitative estimate of drug-likeness (QED) is 0.695. The Balaban J connectivity index is 1.93. The molecule has 2 N–H and O–H groups in total. The third-order valence-corrected chi connectivity index (χ3v) is 6.33. The van der Waals surface area contributed by atoms with E-state index in [0.29, 0.717) is 24.0 Å². The van der Waals surface area contributed by atoms with E-state index in [0.717, 1.165) is 29.8 Å². The number of ketones is 2. The van der Waals surface area contributed by atoms with Crippen molar-refractivity contribution in [3.63, 3.8) is 0 Å². The lowest BCUT2D eigenvalue weighted by atomic mass is 9.64. The van der Waals surface area contributed by atoms with Crippen LogP contribution in [0.25, 0.3) is 0 Å². The van der Waals surface area contributed by atoms with Crippen LogP contribution in [0.15, 0.2) is 40.7 Å². The van der Waals surface area contributed by atoms with Gasteiger partial charge < -0.3 is 10.4 Å². The van der Waals surface area contributed by atoms with Crippen LogP contribution in [0.5, 0.6) is 5.75 Å². The first-order valence-corrected chi connectivity index (χ1v) is 10.1. The second-order valence-corrected chi connectivity index (χ2v) is 10.3. The summed E-state index contributed by atoms with van der Waals surface area (Å²) in [5, 5.41) is 13.6.